The minimum absolute atomic E-state index is 0.456. The monoisotopic (exact) mass is 162 g/mol. The highest BCUT2D eigenvalue weighted by atomic mass is 14.9. The van der Waals surface area contributed by atoms with Gasteiger partial charge in [0, 0.05) is 18.1 Å². The minimum atomic E-state index is 0.456. The first kappa shape index (κ1) is 7.24. The molecule has 0 aliphatic rings. The van der Waals surface area contributed by atoms with E-state index in [-0.39, 0.29) is 0 Å². The first-order valence-corrected chi connectivity index (χ1v) is 3.80. The number of hydrogen-bond acceptors (Lipinski definition) is 3. The van der Waals surface area contributed by atoms with Crippen molar-refractivity contribution in [3.8, 4) is 0 Å². The Hall–Kier alpha value is -1.42. The third-order valence-electron chi connectivity index (χ3n) is 1.94. The first-order chi connectivity index (χ1) is 5.83. The highest BCUT2D eigenvalue weighted by Crippen LogP contribution is 2.17. The molecule has 2 rings (SSSR count). The Kier molecular flexibility index (Phi) is 1.55. The van der Waals surface area contributed by atoms with Crippen molar-refractivity contribution in [1.29, 1.82) is 0 Å². The van der Waals surface area contributed by atoms with Gasteiger partial charge in [0.1, 0.15) is 12.0 Å². The van der Waals surface area contributed by atoms with Crippen LogP contribution < -0.4 is 5.73 Å². The summed E-state index contributed by atoms with van der Waals surface area (Å²) in [6, 6.07) is 0. The Morgan fingerprint density at radius 2 is 2.33 bits per heavy atom. The Labute approximate surface area is 69.8 Å². The molecular weight excluding hydrogens is 152 g/mol. The van der Waals surface area contributed by atoms with E-state index in [1.54, 1.807) is 0 Å². The van der Waals surface area contributed by atoms with Crippen LogP contribution in [0.25, 0.3) is 11.0 Å². The maximum Gasteiger partial charge on any atom is 0.141 e. The van der Waals surface area contributed by atoms with E-state index in [0.717, 1.165) is 22.3 Å². The van der Waals surface area contributed by atoms with Gasteiger partial charge in [-0.1, -0.05) is 0 Å². The van der Waals surface area contributed by atoms with Crippen LogP contribution in [-0.2, 0) is 6.54 Å². The zero-order valence-corrected chi connectivity index (χ0v) is 6.83. The lowest BCUT2D eigenvalue weighted by Gasteiger charge is -1.97. The topological polar surface area (TPSA) is 67.6 Å². The number of aryl methyl sites for hydroxylation is 1. The van der Waals surface area contributed by atoms with Crippen molar-refractivity contribution in [1.82, 2.24) is 15.0 Å². The van der Waals surface area contributed by atoms with Crippen molar-refractivity contribution >= 4 is 11.0 Å². The zero-order chi connectivity index (χ0) is 8.55. The molecule has 62 valence electrons. The molecule has 0 atom stereocenters. The third kappa shape index (κ3) is 0.887. The SMILES string of the molecule is Cc1c[nH]c2ncnc(CN)c12. The molecule has 0 fully saturated rings. The van der Waals surface area contributed by atoms with Crippen molar-refractivity contribution in [2.75, 3.05) is 0 Å². The number of hydrogen-bond donors (Lipinski definition) is 2. The van der Waals surface area contributed by atoms with Crippen LogP contribution in [0.4, 0.5) is 0 Å². The summed E-state index contributed by atoms with van der Waals surface area (Å²) in [5, 5.41) is 1.06. The molecule has 0 aliphatic heterocycles. The van der Waals surface area contributed by atoms with Gasteiger partial charge in [0.2, 0.25) is 0 Å². The molecule has 2 aromatic rings. The summed E-state index contributed by atoms with van der Waals surface area (Å²) < 4.78 is 0. The molecule has 0 bridgehead atoms. The van der Waals surface area contributed by atoms with E-state index in [9.17, 15) is 0 Å². The molecule has 0 radical (unpaired) electrons. The van der Waals surface area contributed by atoms with E-state index in [2.05, 4.69) is 15.0 Å². The molecule has 0 saturated heterocycles. The second kappa shape index (κ2) is 2.57. The number of nitrogens with zero attached hydrogens (tertiary/aromatic N) is 2. The molecule has 4 nitrogen and oxygen atoms in total. The Morgan fingerprint density at radius 1 is 1.50 bits per heavy atom. The second-order valence-electron chi connectivity index (χ2n) is 2.72. The van der Waals surface area contributed by atoms with Gasteiger partial charge in [-0.05, 0) is 12.5 Å². The van der Waals surface area contributed by atoms with Crippen LogP contribution in [0, 0.1) is 6.92 Å². The quantitative estimate of drug-likeness (QED) is 0.649. The van der Waals surface area contributed by atoms with Crippen LogP contribution in [0.5, 0.6) is 0 Å². The zero-order valence-electron chi connectivity index (χ0n) is 6.83. The normalized spacial score (nSPS) is 10.8. The first-order valence-electron chi connectivity index (χ1n) is 3.80. The van der Waals surface area contributed by atoms with E-state index in [4.69, 9.17) is 5.73 Å². The molecule has 4 heteroatoms. The summed E-state index contributed by atoms with van der Waals surface area (Å²) in [5.74, 6) is 0. The maximum absolute atomic E-state index is 5.54. The van der Waals surface area contributed by atoms with Crippen molar-refractivity contribution in [3.63, 3.8) is 0 Å². The van der Waals surface area contributed by atoms with E-state index in [1.165, 1.54) is 6.33 Å². The fourth-order valence-corrected chi connectivity index (χ4v) is 1.35. The number of rotatable bonds is 1. The molecule has 0 amide bonds. The number of nitrogens with one attached hydrogen (secondary N) is 1. The van der Waals surface area contributed by atoms with Crippen molar-refractivity contribution in [2.45, 2.75) is 13.5 Å². The summed E-state index contributed by atoms with van der Waals surface area (Å²) in [7, 11) is 0. The van der Waals surface area contributed by atoms with Gasteiger partial charge < -0.3 is 10.7 Å². The van der Waals surface area contributed by atoms with Crippen molar-refractivity contribution < 1.29 is 0 Å². The van der Waals surface area contributed by atoms with E-state index < -0.39 is 0 Å². The molecule has 3 N–H and O–H groups in total. The van der Waals surface area contributed by atoms with Crippen LogP contribution in [0.3, 0.4) is 0 Å². The molecule has 0 unspecified atom stereocenters. The summed E-state index contributed by atoms with van der Waals surface area (Å²) in [4.78, 5) is 11.2. The average Bonchev–Trinajstić information content (AvgIpc) is 2.48. The molecule has 0 aliphatic carbocycles. The standard InChI is InChI=1S/C8H10N4/c1-5-3-10-8-7(5)6(2-9)11-4-12-8/h3-4H,2,9H2,1H3,(H,10,11,12). The minimum Gasteiger partial charge on any atom is -0.346 e. The molecule has 2 heterocycles. The fourth-order valence-electron chi connectivity index (χ4n) is 1.35. The Bertz CT molecular complexity index is 404. The molecule has 2 aromatic heterocycles. The van der Waals surface area contributed by atoms with Gasteiger partial charge in [0.05, 0.1) is 5.69 Å². The fraction of sp³-hybridized carbons (Fsp3) is 0.250. The second-order valence-corrected chi connectivity index (χ2v) is 2.72. The van der Waals surface area contributed by atoms with Gasteiger partial charge in [-0.15, -0.1) is 0 Å². The molecular formula is C8H10N4. The average molecular weight is 162 g/mol. The van der Waals surface area contributed by atoms with Crippen molar-refractivity contribution in [3.05, 3.63) is 23.8 Å². The Balaban J connectivity index is 2.84. The van der Waals surface area contributed by atoms with Gasteiger partial charge in [0.25, 0.3) is 0 Å². The van der Waals surface area contributed by atoms with Gasteiger partial charge in [0.15, 0.2) is 0 Å². The van der Waals surface area contributed by atoms with Crippen LogP contribution in [-0.4, -0.2) is 15.0 Å². The summed E-state index contributed by atoms with van der Waals surface area (Å²) in [5.41, 5.74) is 8.45. The van der Waals surface area contributed by atoms with Gasteiger partial charge in [-0.2, -0.15) is 0 Å². The lowest BCUT2D eigenvalue weighted by Crippen LogP contribution is -2.00. The van der Waals surface area contributed by atoms with E-state index >= 15 is 0 Å². The molecule has 0 aromatic carbocycles. The number of H-pyrrole nitrogens is 1. The highest BCUT2D eigenvalue weighted by molar-refractivity contribution is 5.81. The molecule has 0 saturated carbocycles. The van der Waals surface area contributed by atoms with Crippen LogP contribution >= 0.6 is 0 Å². The molecule has 0 spiro atoms. The summed E-state index contributed by atoms with van der Waals surface area (Å²) in [6.45, 7) is 2.47. The van der Waals surface area contributed by atoms with Crippen LogP contribution in [0.1, 0.15) is 11.3 Å². The molecule has 12 heavy (non-hydrogen) atoms. The largest absolute Gasteiger partial charge is 0.346 e. The van der Waals surface area contributed by atoms with Gasteiger partial charge in [-0.3, -0.25) is 0 Å². The maximum atomic E-state index is 5.54. The van der Waals surface area contributed by atoms with Crippen molar-refractivity contribution in [2.24, 2.45) is 5.73 Å². The summed E-state index contributed by atoms with van der Waals surface area (Å²) >= 11 is 0. The summed E-state index contributed by atoms with van der Waals surface area (Å²) in [6.07, 6.45) is 3.44. The number of fused-ring (bicyclic) bond motifs is 1. The third-order valence-corrected chi connectivity index (χ3v) is 1.94. The smallest absolute Gasteiger partial charge is 0.141 e. The van der Waals surface area contributed by atoms with Crippen LogP contribution in [0.2, 0.25) is 0 Å². The van der Waals surface area contributed by atoms with Gasteiger partial charge >= 0.3 is 0 Å². The number of aromatic amines is 1. The Morgan fingerprint density at radius 3 is 3.08 bits per heavy atom. The lowest BCUT2D eigenvalue weighted by atomic mass is 10.2. The van der Waals surface area contributed by atoms with E-state index in [1.807, 2.05) is 13.1 Å². The predicted octanol–water partition coefficient (Wildman–Crippen LogP) is 0.725. The van der Waals surface area contributed by atoms with Crippen LogP contribution in [0.15, 0.2) is 12.5 Å². The number of aromatic nitrogens is 3. The van der Waals surface area contributed by atoms with E-state index in [0.29, 0.717) is 6.54 Å². The highest BCUT2D eigenvalue weighted by Gasteiger charge is 2.05. The predicted molar refractivity (Wildman–Crippen MR) is 46.5 cm³/mol. The number of nitrogens with two attached hydrogens (primary N) is 1. The lowest BCUT2D eigenvalue weighted by molar-refractivity contribution is 0.988. The van der Waals surface area contributed by atoms with Gasteiger partial charge in [-0.25, -0.2) is 9.97 Å².